The summed E-state index contributed by atoms with van der Waals surface area (Å²) in [6.45, 7) is 3.37. The van der Waals surface area contributed by atoms with Crippen molar-refractivity contribution >= 4 is 5.97 Å². The van der Waals surface area contributed by atoms with Gasteiger partial charge in [-0.15, -0.1) is 0 Å². The van der Waals surface area contributed by atoms with Gasteiger partial charge in [-0.1, -0.05) is 0 Å². The standard InChI is InChI=1S/C12H11F2NO2/c1-3-17-12(16)9-5-10(11(13)14)8(6-15)4-7(9)2/h4-5,11H,3H2,1-2H3. The van der Waals surface area contributed by atoms with Crippen LogP contribution in [0.15, 0.2) is 12.1 Å². The SMILES string of the molecule is CCOC(=O)c1cc(C(F)F)c(C#N)cc1C. The lowest BCUT2D eigenvalue weighted by atomic mass is 10.00. The van der Waals surface area contributed by atoms with Gasteiger partial charge in [0, 0.05) is 5.56 Å². The summed E-state index contributed by atoms with van der Waals surface area (Å²) in [7, 11) is 0. The first-order valence-corrected chi connectivity index (χ1v) is 5.01. The molecule has 1 aromatic carbocycles. The van der Waals surface area contributed by atoms with Crippen LogP contribution in [0.2, 0.25) is 0 Å². The fourth-order valence-electron chi connectivity index (χ4n) is 1.43. The van der Waals surface area contributed by atoms with Crippen molar-refractivity contribution in [3.8, 4) is 6.07 Å². The first kappa shape index (κ1) is 13.1. The van der Waals surface area contributed by atoms with E-state index in [0.29, 0.717) is 5.56 Å². The van der Waals surface area contributed by atoms with Crippen molar-refractivity contribution in [2.75, 3.05) is 6.61 Å². The molecule has 1 aromatic rings. The topological polar surface area (TPSA) is 50.1 Å². The zero-order chi connectivity index (χ0) is 13.0. The summed E-state index contributed by atoms with van der Waals surface area (Å²) in [5.41, 5.74) is -0.0442. The summed E-state index contributed by atoms with van der Waals surface area (Å²) in [5, 5.41) is 8.73. The number of alkyl halides is 2. The second kappa shape index (κ2) is 5.39. The summed E-state index contributed by atoms with van der Waals surface area (Å²) >= 11 is 0. The maximum atomic E-state index is 12.7. The van der Waals surface area contributed by atoms with Gasteiger partial charge in [-0.2, -0.15) is 5.26 Å². The minimum absolute atomic E-state index is 0.0705. The molecule has 0 aliphatic heterocycles. The van der Waals surface area contributed by atoms with Gasteiger partial charge in [0.15, 0.2) is 0 Å². The highest BCUT2D eigenvalue weighted by Crippen LogP contribution is 2.26. The lowest BCUT2D eigenvalue weighted by Crippen LogP contribution is -2.08. The molecule has 0 heterocycles. The molecule has 17 heavy (non-hydrogen) atoms. The van der Waals surface area contributed by atoms with Gasteiger partial charge >= 0.3 is 5.97 Å². The average Bonchev–Trinajstić information content (AvgIpc) is 2.28. The quantitative estimate of drug-likeness (QED) is 0.762. The van der Waals surface area contributed by atoms with Gasteiger partial charge < -0.3 is 4.74 Å². The third-order valence-electron chi connectivity index (χ3n) is 2.25. The number of esters is 1. The fraction of sp³-hybridized carbons (Fsp3) is 0.333. The van der Waals surface area contributed by atoms with Crippen molar-refractivity contribution in [1.29, 1.82) is 5.26 Å². The zero-order valence-corrected chi connectivity index (χ0v) is 9.46. The van der Waals surface area contributed by atoms with Gasteiger partial charge in [-0.3, -0.25) is 0 Å². The van der Waals surface area contributed by atoms with E-state index in [1.54, 1.807) is 19.9 Å². The molecule has 0 aliphatic carbocycles. The van der Waals surface area contributed by atoms with E-state index in [9.17, 15) is 13.6 Å². The molecule has 0 aliphatic rings. The van der Waals surface area contributed by atoms with E-state index in [4.69, 9.17) is 10.00 Å². The molecule has 0 bridgehead atoms. The molecule has 0 N–H and O–H groups in total. The van der Waals surface area contributed by atoms with Crippen LogP contribution >= 0.6 is 0 Å². The third-order valence-corrected chi connectivity index (χ3v) is 2.25. The van der Waals surface area contributed by atoms with E-state index in [1.807, 2.05) is 0 Å². The predicted molar refractivity (Wildman–Crippen MR) is 56.8 cm³/mol. The lowest BCUT2D eigenvalue weighted by Gasteiger charge is -2.09. The van der Waals surface area contributed by atoms with Gasteiger partial charge in [0.25, 0.3) is 6.43 Å². The Bertz CT molecular complexity index is 478. The molecule has 5 heteroatoms. The molecular formula is C12H11F2NO2. The van der Waals surface area contributed by atoms with Crippen LogP contribution in [0.1, 0.15) is 40.4 Å². The number of ether oxygens (including phenoxy) is 1. The summed E-state index contributed by atoms with van der Waals surface area (Å²) < 4.78 is 30.1. The Hall–Kier alpha value is -1.96. The molecule has 0 spiro atoms. The van der Waals surface area contributed by atoms with Crippen LogP contribution in [-0.2, 0) is 4.74 Å². The Labute approximate surface area is 97.6 Å². The van der Waals surface area contributed by atoms with Crippen molar-refractivity contribution < 1.29 is 18.3 Å². The maximum absolute atomic E-state index is 12.7. The Kier molecular flexibility index (Phi) is 4.16. The Morgan fingerprint density at radius 1 is 1.53 bits per heavy atom. The van der Waals surface area contributed by atoms with Crippen molar-refractivity contribution in [3.05, 3.63) is 34.4 Å². The van der Waals surface area contributed by atoms with Gasteiger partial charge in [-0.25, -0.2) is 13.6 Å². The van der Waals surface area contributed by atoms with Crippen LogP contribution in [0.3, 0.4) is 0 Å². The van der Waals surface area contributed by atoms with E-state index in [0.717, 1.165) is 6.07 Å². The maximum Gasteiger partial charge on any atom is 0.338 e. The molecule has 90 valence electrons. The van der Waals surface area contributed by atoms with E-state index < -0.39 is 18.0 Å². The summed E-state index contributed by atoms with van der Waals surface area (Å²) in [5.74, 6) is -0.656. The fourth-order valence-corrected chi connectivity index (χ4v) is 1.43. The molecule has 0 amide bonds. The number of benzene rings is 1. The van der Waals surface area contributed by atoms with Crippen LogP contribution in [-0.4, -0.2) is 12.6 Å². The monoisotopic (exact) mass is 239 g/mol. The highest BCUT2D eigenvalue weighted by atomic mass is 19.3. The first-order chi connectivity index (χ1) is 8.01. The molecular weight excluding hydrogens is 228 g/mol. The molecule has 1 rings (SSSR count). The predicted octanol–water partition coefficient (Wildman–Crippen LogP) is 2.98. The number of halogens is 2. The van der Waals surface area contributed by atoms with E-state index in [1.165, 1.54) is 6.07 Å². The highest BCUT2D eigenvalue weighted by Gasteiger charge is 2.19. The smallest absolute Gasteiger partial charge is 0.338 e. The number of hydrogen-bond donors (Lipinski definition) is 0. The number of carbonyl (C=O) groups excluding carboxylic acids is 1. The van der Waals surface area contributed by atoms with Crippen LogP contribution in [0, 0.1) is 18.3 Å². The molecule has 0 radical (unpaired) electrons. The number of rotatable bonds is 3. The highest BCUT2D eigenvalue weighted by molar-refractivity contribution is 5.91. The van der Waals surface area contributed by atoms with Crippen molar-refractivity contribution in [2.45, 2.75) is 20.3 Å². The molecule has 0 unspecified atom stereocenters. The minimum atomic E-state index is -2.79. The number of nitriles is 1. The first-order valence-electron chi connectivity index (χ1n) is 5.01. The number of nitrogens with zero attached hydrogens (tertiary/aromatic N) is 1. The van der Waals surface area contributed by atoms with Gasteiger partial charge in [0.1, 0.15) is 0 Å². The van der Waals surface area contributed by atoms with Crippen LogP contribution in [0.5, 0.6) is 0 Å². The van der Waals surface area contributed by atoms with Gasteiger partial charge in [-0.05, 0) is 31.5 Å². The van der Waals surface area contributed by atoms with E-state index >= 15 is 0 Å². The summed E-state index contributed by atoms with van der Waals surface area (Å²) in [4.78, 5) is 11.5. The zero-order valence-electron chi connectivity index (χ0n) is 9.46. The van der Waals surface area contributed by atoms with Gasteiger partial charge in [0.2, 0.25) is 0 Å². The molecule has 0 aromatic heterocycles. The molecule has 3 nitrogen and oxygen atoms in total. The Morgan fingerprint density at radius 3 is 2.65 bits per heavy atom. The van der Waals surface area contributed by atoms with Gasteiger partial charge in [0.05, 0.1) is 23.8 Å². The van der Waals surface area contributed by atoms with E-state index in [2.05, 4.69) is 0 Å². The molecule has 0 saturated carbocycles. The van der Waals surface area contributed by atoms with Crippen LogP contribution in [0.4, 0.5) is 8.78 Å². The normalized spacial score (nSPS) is 10.1. The summed E-state index contributed by atoms with van der Waals surface area (Å²) in [6, 6.07) is 3.98. The average molecular weight is 239 g/mol. The largest absolute Gasteiger partial charge is 0.462 e. The lowest BCUT2D eigenvalue weighted by molar-refractivity contribution is 0.0525. The van der Waals surface area contributed by atoms with Crippen molar-refractivity contribution in [3.63, 3.8) is 0 Å². The minimum Gasteiger partial charge on any atom is -0.462 e. The number of carbonyl (C=O) groups is 1. The van der Waals surface area contributed by atoms with Crippen molar-refractivity contribution in [1.82, 2.24) is 0 Å². The number of aryl methyl sites for hydroxylation is 1. The third kappa shape index (κ3) is 2.78. The van der Waals surface area contributed by atoms with Crippen molar-refractivity contribution in [2.24, 2.45) is 0 Å². The molecule has 0 atom stereocenters. The number of hydrogen-bond acceptors (Lipinski definition) is 3. The molecule has 0 saturated heterocycles. The Balaban J connectivity index is 3.30. The second-order valence-electron chi connectivity index (χ2n) is 3.39. The van der Waals surface area contributed by atoms with E-state index in [-0.39, 0.29) is 17.7 Å². The van der Waals surface area contributed by atoms with Crippen LogP contribution < -0.4 is 0 Å². The summed E-state index contributed by atoms with van der Waals surface area (Å²) in [6.07, 6.45) is -2.79. The van der Waals surface area contributed by atoms with Crippen LogP contribution in [0.25, 0.3) is 0 Å². The second-order valence-corrected chi connectivity index (χ2v) is 3.39. The Morgan fingerprint density at radius 2 is 2.18 bits per heavy atom. The molecule has 0 fully saturated rings.